The van der Waals surface area contributed by atoms with Crippen molar-refractivity contribution in [2.75, 3.05) is 0 Å². The number of hydrogen-bond donors (Lipinski definition) is 2. The molecule has 0 aliphatic carbocycles. The molecule has 1 heterocycles. The van der Waals surface area contributed by atoms with Gasteiger partial charge in [-0.3, -0.25) is 4.79 Å². The van der Waals surface area contributed by atoms with Gasteiger partial charge in [-0.05, 0) is 20.8 Å². The van der Waals surface area contributed by atoms with Crippen molar-refractivity contribution < 1.29 is 24.4 Å². The molecule has 0 aromatic carbocycles. The quantitative estimate of drug-likeness (QED) is 0.577. The predicted molar refractivity (Wildman–Crippen MR) is 57.0 cm³/mol. The van der Waals surface area contributed by atoms with Crippen molar-refractivity contribution in [2.45, 2.75) is 32.8 Å². The van der Waals surface area contributed by atoms with Crippen LogP contribution in [0, 0.1) is 0 Å². The monoisotopic (exact) mass is 228 g/mol. The van der Waals surface area contributed by atoms with Gasteiger partial charge in [-0.25, -0.2) is 9.69 Å². The minimum Gasteiger partial charge on any atom is -0.443 e. The summed E-state index contributed by atoms with van der Waals surface area (Å²) in [6.45, 7) is 5.28. The van der Waals surface area contributed by atoms with Gasteiger partial charge in [0.15, 0.2) is 0 Å². The maximum absolute atomic E-state index is 11.3. The Balaban J connectivity index is 0.000000673. The molecule has 0 aromatic rings. The lowest BCUT2D eigenvalue weighted by Gasteiger charge is -2.22. The topological polar surface area (TPSA) is 87.1 Å². The molecule has 2 N–H and O–H groups in total. The number of carbonyl (C=O) groups is 2. The lowest BCUT2D eigenvalue weighted by atomic mass is 10.2. The largest absolute Gasteiger partial charge is 0.482 e. The third kappa shape index (κ3) is 5.52. The number of rotatable bonds is 0. The molecule has 0 saturated heterocycles. The molecule has 0 bridgehead atoms. The molecule has 0 unspecified atom stereocenters. The summed E-state index contributed by atoms with van der Waals surface area (Å²) in [7, 11) is 0. The Labute approximate surface area is 94.8 Å². The van der Waals surface area contributed by atoms with E-state index in [0.29, 0.717) is 0 Å². The molecular weight excluding hydrogens is 213 g/mol. The zero-order valence-corrected chi connectivity index (χ0v) is 9.51. The maximum Gasteiger partial charge on any atom is 0.482 e. The summed E-state index contributed by atoms with van der Waals surface area (Å²) in [5, 5.41) is 14.0. The first kappa shape index (κ1) is 14.7. The van der Waals surface area contributed by atoms with E-state index < -0.39 is 11.7 Å². The molecule has 0 spiro atoms. The summed E-state index contributed by atoms with van der Waals surface area (Å²) in [5.74, 6) is -0.241. The summed E-state index contributed by atoms with van der Waals surface area (Å²) < 4.78 is 5.01. The zero-order valence-electron chi connectivity index (χ0n) is 9.51. The molecule has 0 saturated carbocycles. The van der Waals surface area contributed by atoms with Gasteiger partial charge in [-0.1, -0.05) is 6.08 Å². The van der Waals surface area contributed by atoms with Gasteiger partial charge >= 0.3 is 13.8 Å². The Morgan fingerprint density at radius 3 is 2.31 bits per heavy atom. The number of nitrogens with zero attached hydrogens (tertiary/aromatic N) is 1. The van der Waals surface area contributed by atoms with Crippen LogP contribution >= 0.6 is 0 Å². The third-order valence-corrected chi connectivity index (χ3v) is 1.41. The molecule has 1 radical (unpaired) electrons. The van der Waals surface area contributed by atoms with E-state index in [1.165, 1.54) is 6.20 Å². The van der Waals surface area contributed by atoms with E-state index in [4.69, 9.17) is 14.8 Å². The number of imide groups is 1. The fourth-order valence-corrected chi connectivity index (χ4v) is 0.914. The van der Waals surface area contributed by atoms with Crippen molar-refractivity contribution in [1.29, 1.82) is 0 Å². The van der Waals surface area contributed by atoms with E-state index in [2.05, 4.69) is 0 Å². The molecule has 0 fully saturated rings. The van der Waals surface area contributed by atoms with Gasteiger partial charge in [-0.15, -0.1) is 0 Å². The number of amides is 2. The Morgan fingerprint density at radius 2 is 2.00 bits per heavy atom. The Morgan fingerprint density at radius 1 is 1.50 bits per heavy atom. The average molecular weight is 228 g/mol. The van der Waals surface area contributed by atoms with Gasteiger partial charge in [-0.2, -0.15) is 0 Å². The lowest BCUT2D eigenvalue weighted by molar-refractivity contribution is -0.125. The van der Waals surface area contributed by atoms with E-state index in [9.17, 15) is 9.59 Å². The molecular formula is C9H15BNO5. The van der Waals surface area contributed by atoms with E-state index in [1.807, 2.05) is 0 Å². The molecule has 16 heavy (non-hydrogen) atoms. The molecule has 1 aliphatic rings. The highest BCUT2D eigenvalue weighted by Crippen LogP contribution is 2.13. The SMILES string of the molecule is CC(C)(C)OC(=O)N1C=CCC1=O.O[B]O. The molecule has 6 nitrogen and oxygen atoms in total. The van der Waals surface area contributed by atoms with Crippen molar-refractivity contribution in [2.24, 2.45) is 0 Å². The second-order valence-corrected chi connectivity index (χ2v) is 3.95. The third-order valence-electron chi connectivity index (χ3n) is 1.41. The van der Waals surface area contributed by atoms with Crippen LogP contribution in [0.25, 0.3) is 0 Å². The molecule has 7 heteroatoms. The second kappa shape index (κ2) is 6.29. The van der Waals surface area contributed by atoms with Crippen molar-refractivity contribution in [1.82, 2.24) is 4.90 Å². The van der Waals surface area contributed by atoms with Crippen molar-refractivity contribution >= 4 is 19.7 Å². The van der Waals surface area contributed by atoms with Crippen molar-refractivity contribution in [3.63, 3.8) is 0 Å². The number of carbonyl (C=O) groups excluding carboxylic acids is 2. The van der Waals surface area contributed by atoms with Gasteiger partial charge in [0, 0.05) is 12.6 Å². The first-order chi connectivity index (χ1) is 7.31. The Bertz CT molecular complexity index is 284. The Hall–Kier alpha value is -1.34. The van der Waals surface area contributed by atoms with Gasteiger partial charge in [0.25, 0.3) is 0 Å². The minimum absolute atomic E-state index is 0. The maximum atomic E-state index is 11.3. The molecule has 0 aromatic heterocycles. The van der Waals surface area contributed by atoms with Crippen LogP contribution in [0.3, 0.4) is 0 Å². The molecule has 1 rings (SSSR count). The summed E-state index contributed by atoms with van der Waals surface area (Å²) >= 11 is 0. The van der Waals surface area contributed by atoms with E-state index in [1.54, 1.807) is 26.8 Å². The minimum atomic E-state index is -0.605. The predicted octanol–water partition coefficient (Wildman–Crippen LogP) is 0.173. The van der Waals surface area contributed by atoms with E-state index in [-0.39, 0.29) is 20.0 Å². The van der Waals surface area contributed by atoms with Crippen LogP contribution in [0.1, 0.15) is 27.2 Å². The molecule has 89 valence electrons. The average Bonchev–Trinajstić information content (AvgIpc) is 2.49. The van der Waals surface area contributed by atoms with Crippen molar-refractivity contribution in [3.05, 3.63) is 12.3 Å². The molecule has 0 atom stereocenters. The fraction of sp³-hybridized carbons (Fsp3) is 0.556. The zero-order chi connectivity index (χ0) is 12.8. The van der Waals surface area contributed by atoms with Crippen LogP contribution in [0.15, 0.2) is 12.3 Å². The smallest absolute Gasteiger partial charge is 0.443 e. The standard InChI is InChI=1S/C9H13NO3.BH2O2/c1-9(2,3)13-8(12)10-6-4-5-7(10)11;2-1-3/h4,6H,5H2,1-3H3;2-3H. The number of ether oxygens (including phenoxy) is 1. The summed E-state index contributed by atoms with van der Waals surface area (Å²) in [6.07, 6.45) is 2.74. The van der Waals surface area contributed by atoms with Crippen LogP contribution in [0.4, 0.5) is 4.79 Å². The highest BCUT2D eigenvalue weighted by Gasteiger charge is 2.27. The van der Waals surface area contributed by atoms with Gasteiger partial charge in [0.05, 0.1) is 0 Å². The summed E-state index contributed by atoms with van der Waals surface area (Å²) in [5.41, 5.74) is -0.562. The summed E-state index contributed by atoms with van der Waals surface area (Å²) in [6, 6.07) is 0. The van der Waals surface area contributed by atoms with Crippen LogP contribution < -0.4 is 0 Å². The van der Waals surface area contributed by atoms with Crippen LogP contribution in [0.2, 0.25) is 0 Å². The van der Waals surface area contributed by atoms with E-state index >= 15 is 0 Å². The Kier molecular flexibility index (Phi) is 5.77. The molecule has 1 aliphatic heterocycles. The molecule has 2 amide bonds. The number of hydrogen-bond acceptors (Lipinski definition) is 5. The van der Waals surface area contributed by atoms with Crippen molar-refractivity contribution in [3.8, 4) is 0 Å². The summed E-state index contributed by atoms with van der Waals surface area (Å²) in [4.78, 5) is 23.4. The highest BCUT2D eigenvalue weighted by atomic mass is 16.6. The normalized spacial score (nSPS) is 14.3. The first-order valence-electron chi connectivity index (χ1n) is 4.63. The van der Waals surface area contributed by atoms with Gasteiger partial charge in [0.1, 0.15) is 5.60 Å². The van der Waals surface area contributed by atoms with Gasteiger partial charge in [0.2, 0.25) is 5.91 Å². The van der Waals surface area contributed by atoms with Gasteiger partial charge < -0.3 is 14.8 Å². The van der Waals surface area contributed by atoms with E-state index in [0.717, 1.165) is 4.90 Å². The van der Waals surface area contributed by atoms with Crippen LogP contribution in [-0.2, 0) is 9.53 Å². The fourth-order valence-electron chi connectivity index (χ4n) is 0.914. The highest BCUT2D eigenvalue weighted by molar-refractivity contribution is 6.13. The van der Waals surface area contributed by atoms with Crippen LogP contribution in [0.5, 0.6) is 0 Å². The second-order valence-electron chi connectivity index (χ2n) is 3.95. The lowest BCUT2D eigenvalue weighted by Crippen LogP contribution is -2.35. The first-order valence-corrected chi connectivity index (χ1v) is 4.63. The van der Waals surface area contributed by atoms with Crippen LogP contribution in [-0.4, -0.2) is 40.2 Å².